The molecule has 0 heterocycles. The number of rotatable bonds is 4. The van der Waals surface area contributed by atoms with Crippen molar-refractivity contribution in [1.82, 2.24) is 5.32 Å². The first-order valence-corrected chi connectivity index (χ1v) is 7.18. The van der Waals surface area contributed by atoms with Crippen molar-refractivity contribution >= 4 is 0 Å². The van der Waals surface area contributed by atoms with Crippen molar-refractivity contribution < 1.29 is 5.11 Å². The first-order chi connectivity index (χ1) is 8.69. The fourth-order valence-corrected chi connectivity index (χ4v) is 2.94. The van der Waals surface area contributed by atoms with Gasteiger partial charge in [0.1, 0.15) is 0 Å². The molecule has 0 bridgehead atoms. The summed E-state index contributed by atoms with van der Waals surface area (Å²) in [5.41, 5.74) is 1.37. The van der Waals surface area contributed by atoms with Crippen molar-refractivity contribution in [2.45, 2.75) is 63.6 Å². The van der Waals surface area contributed by atoms with Crippen LogP contribution in [0.4, 0.5) is 0 Å². The maximum Gasteiger partial charge on any atom is 0.0561 e. The lowest BCUT2D eigenvalue weighted by atomic mass is 9.79. The largest absolute Gasteiger partial charge is 0.393 e. The summed E-state index contributed by atoms with van der Waals surface area (Å²) in [7, 11) is 0. The average Bonchev–Trinajstić information content (AvgIpc) is 2.39. The second kappa shape index (κ2) is 6.35. The van der Waals surface area contributed by atoms with Crippen molar-refractivity contribution in [3.05, 3.63) is 35.9 Å². The highest BCUT2D eigenvalue weighted by atomic mass is 16.3. The lowest BCUT2D eigenvalue weighted by Crippen LogP contribution is -2.42. The van der Waals surface area contributed by atoms with Gasteiger partial charge >= 0.3 is 0 Å². The Hall–Kier alpha value is -0.860. The summed E-state index contributed by atoms with van der Waals surface area (Å²) in [6.45, 7) is 4.42. The zero-order valence-electron chi connectivity index (χ0n) is 11.5. The van der Waals surface area contributed by atoms with Gasteiger partial charge in [-0.15, -0.1) is 0 Å². The number of nitrogens with one attached hydrogen (secondary N) is 1. The molecule has 2 heteroatoms. The molecule has 0 aliphatic heterocycles. The van der Waals surface area contributed by atoms with Gasteiger partial charge in [-0.1, -0.05) is 37.3 Å². The summed E-state index contributed by atoms with van der Waals surface area (Å²) < 4.78 is 0. The summed E-state index contributed by atoms with van der Waals surface area (Å²) >= 11 is 0. The number of aliphatic hydroxyl groups excluding tert-OH is 1. The minimum Gasteiger partial charge on any atom is -0.393 e. The molecule has 0 radical (unpaired) electrons. The third-order valence-corrected chi connectivity index (χ3v) is 4.09. The van der Waals surface area contributed by atoms with Crippen LogP contribution in [0.3, 0.4) is 0 Å². The molecule has 1 fully saturated rings. The summed E-state index contributed by atoms with van der Waals surface area (Å²) in [4.78, 5) is 0. The van der Waals surface area contributed by atoms with Gasteiger partial charge in [0.2, 0.25) is 0 Å². The lowest BCUT2D eigenvalue weighted by Gasteiger charge is -2.35. The standard InChI is InChI=1S/C16H25NO/c1-3-12(2)17-15-9-14(10-16(18)11-15)13-7-5-4-6-8-13/h4-8,12,14-18H,3,9-11H2,1-2H3. The lowest BCUT2D eigenvalue weighted by molar-refractivity contribution is 0.0976. The van der Waals surface area contributed by atoms with E-state index < -0.39 is 0 Å². The predicted octanol–water partition coefficient (Wildman–Crippen LogP) is 3.07. The molecule has 1 aromatic carbocycles. The average molecular weight is 247 g/mol. The molecule has 1 aliphatic carbocycles. The molecular weight excluding hydrogens is 222 g/mol. The number of hydrogen-bond donors (Lipinski definition) is 2. The van der Waals surface area contributed by atoms with Crippen LogP contribution in [-0.4, -0.2) is 23.3 Å². The van der Waals surface area contributed by atoms with Gasteiger partial charge < -0.3 is 10.4 Å². The molecule has 4 atom stereocenters. The fraction of sp³-hybridized carbons (Fsp3) is 0.625. The maximum absolute atomic E-state index is 10.1. The smallest absolute Gasteiger partial charge is 0.0561 e. The van der Waals surface area contributed by atoms with Gasteiger partial charge in [0.15, 0.2) is 0 Å². The monoisotopic (exact) mass is 247 g/mol. The van der Waals surface area contributed by atoms with Crippen LogP contribution in [0.1, 0.15) is 51.0 Å². The maximum atomic E-state index is 10.1. The summed E-state index contributed by atoms with van der Waals surface area (Å²) in [5.74, 6) is 0.497. The zero-order valence-corrected chi connectivity index (χ0v) is 11.5. The number of hydrogen-bond acceptors (Lipinski definition) is 2. The van der Waals surface area contributed by atoms with E-state index in [4.69, 9.17) is 0 Å². The van der Waals surface area contributed by atoms with E-state index in [2.05, 4.69) is 49.5 Å². The molecule has 2 N–H and O–H groups in total. The van der Waals surface area contributed by atoms with Gasteiger partial charge in [-0.3, -0.25) is 0 Å². The van der Waals surface area contributed by atoms with Gasteiger partial charge in [0, 0.05) is 12.1 Å². The van der Waals surface area contributed by atoms with Crippen LogP contribution in [0.2, 0.25) is 0 Å². The minimum atomic E-state index is -0.162. The summed E-state index contributed by atoms with van der Waals surface area (Å²) in [6, 6.07) is 11.6. The quantitative estimate of drug-likeness (QED) is 0.857. The van der Waals surface area contributed by atoms with Gasteiger partial charge in [0.25, 0.3) is 0 Å². The Bertz CT molecular complexity index is 351. The highest BCUT2D eigenvalue weighted by molar-refractivity contribution is 5.20. The van der Waals surface area contributed by atoms with Crippen molar-refractivity contribution in [3.63, 3.8) is 0 Å². The SMILES string of the molecule is CCC(C)NC1CC(O)CC(c2ccccc2)C1. The van der Waals surface area contributed by atoms with Gasteiger partial charge in [-0.25, -0.2) is 0 Å². The first-order valence-electron chi connectivity index (χ1n) is 7.18. The molecule has 4 unspecified atom stereocenters. The van der Waals surface area contributed by atoms with Crippen molar-refractivity contribution in [2.75, 3.05) is 0 Å². The van der Waals surface area contributed by atoms with Crippen LogP contribution in [0.25, 0.3) is 0 Å². The van der Waals surface area contributed by atoms with E-state index in [9.17, 15) is 5.11 Å². The topological polar surface area (TPSA) is 32.3 Å². The molecule has 2 rings (SSSR count). The third kappa shape index (κ3) is 3.56. The Kier molecular flexibility index (Phi) is 4.79. The van der Waals surface area contributed by atoms with Crippen LogP contribution < -0.4 is 5.32 Å². The molecule has 100 valence electrons. The number of aliphatic hydroxyl groups is 1. The number of benzene rings is 1. The second-order valence-corrected chi connectivity index (χ2v) is 5.64. The molecule has 1 aromatic rings. The van der Waals surface area contributed by atoms with Crippen LogP contribution >= 0.6 is 0 Å². The van der Waals surface area contributed by atoms with Gasteiger partial charge in [0.05, 0.1) is 6.10 Å². The molecule has 18 heavy (non-hydrogen) atoms. The van der Waals surface area contributed by atoms with Crippen LogP contribution in [0, 0.1) is 0 Å². The van der Waals surface area contributed by atoms with E-state index in [1.807, 2.05) is 0 Å². The fourth-order valence-electron chi connectivity index (χ4n) is 2.94. The summed E-state index contributed by atoms with van der Waals surface area (Å²) in [5, 5.41) is 13.7. The molecular formula is C16H25NO. The van der Waals surface area contributed by atoms with E-state index in [1.54, 1.807) is 0 Å². The molecule has 0 aromatic heterocycles. The van der Waals surface area contributed by atoms with Gasteiger partial charge in [-0.05, 0) is 44.1 Å². The Morgan fingerprint density at radius 3 is 2.61 bits per heavy atom. The van der Waals surface area contributed by atoms with Crippen molar-refractivity contribution in [3.8, 4) is 0 Å². The summed E-state index contributed by atoms with van der Waals surface area (Å²) in [6.07, 6.45) is 3.93. The minimum absolute atomic E-state index is 0.162. The van der Waals surface area contributed by atoms with Crippen molar-refractivity contribution in [1.29, 1.82) is 0 Å². The third-order valence-electron chi connectivity index (χ3n) is 4.09. The Labute approximate surface area is 110 Å². The van der Waals surface area contributed by atoms with Gasteiger partial charge in [-0.2, -0.15) is 0 Å². The highest BCUT2D eigenvalue weighted by Gasteiger charge is 2.28. The Balaban J connectivity index is 2.00. The van der Waals surface area contributed by atoms with E-state index in [1.165, 1.54) is 5.56 Å². The van der Waals surface area contributed by atoms with Crippen molar-refractivity contribution in [2.24, 2.45) is 0 Å². The molecule has 1 saturated carbocycles. The van der Waals surface area contributed by atoms with Crippen LogP contribution in [-0.2, 0) is 0 Å². The molecule has 0 amide bonds. The van der Waals surface area contributed by atoms with Crippen LogP contribution in [0.5, 0.6) is 0 Å². The zero-order chi connectivity index (χ0) is 13.0. The van der Waals surface area contributed by atoms with Crippen LogP contribution in [0.15, 0.2) is 30.3 Å². The van der Waals surface area contributed by atoms with E-state index in [-0.39, 0.29) is 6.10 Å². The van der Waals surface area contributed by atoms with E-state index >= 15 is 0 Å². The molecule has 1 aliphatic rings. The van der Waals surface area contributed by atoms with E-state index in [0.29, 0.717) is 18.0 Å². The Morgan fingerprint density at radius 2 is 1.94 bits per heavy atom. The molecule has 0 spiro atoms. The highest BCUT2D eigenvalue weighted by Crippen LogP contribution is 2.33. The normalized spacial score (nSPS) is 30.1. The van der Waals surface area contributed by atoms with E-state index in [0.717, 1.165) is 25.7 Å². The Morgan fingerprint density at radius 1 is 1.22 bits per heavy atom. The molecule has 0 saturated heterocycles. The predicted molar refractivity (Wildman–Crippen MR) is 75.7 cm³/mol. The second-order valence-electron chi connectivity index (χ2n) is 5.64. The molecule has 2 nitrogen and oxygen atoms in total. The first kappa shape index (κ1) is 13.6.